The summed E-state index contributed by atoms with van der Waals surface area (Å²) in [6.07, 6.45) is 1.91. The zero-order valence-corrected chi connectivity index (χ0v) is 22.0. The standard InChI is InChI=1S/C30H33FN6O2/c1-21(38)33-26-7-3-2-6-25(26)29(39)32-16-19-36-17-14-24(15-18-36)34-30-35-27-8-4-5-9-28(27)37(30)20-22-10-12-23(31)13-11-22/h2-13,24H,14-20H2,1H3,(H,32,39)(H,33,38)(H,34,35). The molecule has 1 aliphatic heterocycles. The van der Waals surface area contributed by atoms with Gasteiger partial charge in [-0.2, -0.15) is 0 Å². The van der Waals surface area contributed by atoms with Crippen LogP contribution in [0.15, 0.2) is 72.8 Å². The number of hydrogen-bond acceptors (Lipinski definition) is 5. The molecule has 0 spiro atoms. The van der Waals surface area contributed by atoms with E-state index < -0.39 is 0 Å². The van der Waals surface area contributed by atoms with Gasteiger partial charge >= 0.3 is 0 Å². The number of benzene rings is 3. The van der Waals surface area contributed by atoms with Gasteiger partial charge in [0, 0.05) is 39.1 Å². The smallest absolute Gasteiger partial charge is 0.253 e. The first-order chi connectivity index (χ1) is 19.0. The number of rotatable bonds is 9. The minimum atomic E-state index is -0.242. The summed E-state index contributed by atoms with van der Waals surface area (Å²) in [5.41, 5.74) is 3.95. The highest BCUT2D eigenvalue weighted by atomic mass is 19.1. The fourth-order valence-electron chi connectivity index (χ4n) is 5.00. The van der Waals surface area contributed by atoms with E-state index in [4.69, 9.17) is 4.98 Å². The van der Waals surface area contributed by atoms with E-state index in [0.717, 1.165) is 55.0 Å². The Morgan fingerprint density at radius 1 is 0.974 bits per heavy atom. The van der Waals surface area contributed by atoms with Crippen LogP contribution in [-0.4, -0.2) is 58.5 Å². The highest BCUT2D eigenvalue weighted by molar-refractivity contribution is 6.03. The van der Waals surface area contributed by atoms with Gasteiger partial charge in [-0.3, -0.25) is 9.59 Å². The van der Waals surface area contributed by atoms with E-state index in [9.17, 15) is 14.0 Å². The molecule has 4 aromatic rings. The van der Waals surface area contributed by atoms with Crippen LogP contribution < -0.4 is 16.0 Å². The summed E-state index contributed by atoms with van der Waals surface area (Å²) in [6, 6.07) is 21.9. The van der Waals surface area contributed by atoms with Crippen LogP contribution in [0.2, 0.25) is 0 Å². The van der Waals surface area contributed by atoms with Crippen molar-refractivity contribution in [3.05, 3.63) is 89.7 Å². The predicted octanol–water partition coefficient (Wildman–Crippen LogP) is 4.49. The van der Waals surface area contributed by atoms with Crippen molar-refractivity contribution in [2.24, 2.45) is 0 Å². The molecule has 0 unspecified atom stereocenters. The van der Waals surface area contributed by atoms with Gasteiger partial charge in [-0.25, -0.2) is 9.37 Å². The molecule has 0 saturated carbocycles. The number of anilines is 2. The van der Waals surface area contributed by atoms with Gasteiger partial charge in [0.2, 0.25) is 11.9 Å². The summed E-state index contributed by atoms with van der Waals surface area (Å²) in [5.74, 6) is 0.173. The van der Waals surface area contributed by atoms with Crippen molar-refractivity contribution < 1.29 is 14.0 Å². The van der Waals surface area contributed by atoms with E-state index in [1.807, 2.05) is 30.3 Å². The molecule has 1 aromatic heterocycles. The van der Waals surface area contributed by atoms with Gasteiger partial charge in [0.25, 0.3) is 5.91 Å². The summed E-state index contributed by atoms with van der Waals surface area (Å²) in [7, 11) is 0. The molecule has 0 aliphatic carbocycles. The van der Waals surface area contributed by atoms with Crippen LogP contribution in [0, 0.1) is 5.82 Å². The maximum Gasteiger partial charge on any atom is 0.253 e. The molecule has 0 bridgehead atoms. The van der Waals surface area contributed by atoms with Crippen LogP contribution in [0.1, 0.15) is 35.7 Å². The highest BCUT2D eigenvalue weighted by Gasteiger charge is 2.22. The SMILES string of the molecule is CC(=O)Nc1ccccc1C(=O)NCCN1CCC(Nc2nc3ccccc3n2Cc2ccc(F)cc2)CC1. The summed E-state index contributed by atoms with van der Waals surface area (Å²) in [4.78, 5) is 31.3. The molecule has 1 fully saturated rings. The van der Waals surface area contributed by atoms with Crippen LogP contribution in [0.5, 0.6) is 0 Å². The highest BCUT2D eigenvalue weighted by Crippen LogP contribution is 2.24. The minimum absolute atomic E-state index is 0.198. The zero-order valence-electron chi connectivity index (χ0n) is 22.0. The lowest BCUT2D eigenvalue weighted by Crippen LogP contribution is -2.43. The number of amides is 2. The molecule has 1 aliphatic rings. The molecule has 8 nitrogen and oxygen atoms in total. The van der Waals surface area contributed by atoms with Crippen LogP contribution in [-0.2, 0) is 11.3 Å². The van der Waals surface area contributed by atoms with Gasteiger partial charge in [-0.15, -0.1) is 0 Å². The number of likely N-dealkylation sites (tertiary alicyclic amines) is 1. The molecular formula is C30H33FN6O2. The Morgan fingerprint density at radius 2 is 1.69 bits per heavy atom. The fourth-order valence-corrected chi connectivity index (χ4v) is 5.00. The van der Waals surface area contributed by atoms with E-state index in [1.54, 1.807) is 24.3 Å². The van der Waals surface area contributed by atoms with E-state index in [1.165, 1.54) is 19.1 Å². The normalized spacial score (nSPS) is 14.3. The molecule has 3 N–H and O–H groups in total. The van der Waals surface area contributed by atoms with Crippen molar-refractivity contribution in [3.8, 4) is 0 Å². The van der Waals surface area contributed by atoms with E-state index in [-0.39, 0.29) is 23.7 Å². The maximum absolute atomic E-state index is 13.4. The van der Waals surface area contributed by atoms with Crippen molar-refractivity contribution in [3.63, 3.8) is 0 Å². The molecule has 1 saturated heterocycles. The third kappa shape index (κ3) is 6.61. The lowest BCUT2D eigenvalue weighted by atomic mass is 10.1. The third-order valence-electron chi connectivity index (χ3n) is 7.03. The number of nitrogens with zero attached hydrogens (tertiary/aromatic N) is 3. The fraction of sp³-hybridized carbons (Fsp3) is 0.300. The average Bonchev–Trinajstić information content (AvgIpc) is 3.27. The Morgan fingerprint density at radius 3 is 2.46 bits per heavy atom. The first-order valence-electron chi connectivity index (χ1n) is 13.3. The number of nitrogens with one attached hydrogen (secondary N) is 3. The molecular weight excluding hydrogens is 495 g/mol. The predicted molar refractivity (Wildman–Crippen MR) is 151 cm³/mol. The van der Waals surface area contributed by atoms with Gasteiger partial charge in [-0.1, -0.05) is 36.4 Å². The van der Waals surface area contributed by atoms with Crippen molar-refractivity contribution >= 4 is 34.5 Å². The summed E-state index contributed by atoms with van der Waals surface area (Å²) < 4.78 is 15.6. The number of hydrogen-bond donors (Lipinski definition) is 3. The van der Waals surface area contributed by atoms with E-state index >= 15 is 0 Å². The largest absolute Gasteiger partial charge is 0.353 e. The van der Waals surface area contributed by atoms with Crippen LogP contribution >= 0.6 is 0 Å². The van der Waals surface area contributed by atoms with E-state index in [0.29, 0.717) is 24.3 Å². The van der Waals surface area contributed by atoms with Gasteiger partial charge in [0.15, 0.2) is 0 Å². The Labute approximate surface area is 227 Å². The number of para-hydroxylation sites is 3. The quantitative estimate of drug-likeness (QED) is 0.298. The number of carbonyl (C=O) groups is 2. The minimum Gasteiger partial charge on any atom is -0.353 e. The van der Waals surface area contributed by atoms with E-state index in [2.05, 4.69) is 31.5 Å². The number of imidazole rings is 1. The first-order valence-corrected chi connectivity index (χ1v) is 13.3. The molecule has 0 atom stereocenters. The average molecular weight is 529 g/mol. The summed E-state index contributed by atoms with van der Waals surface area (Å²) in [6.45, 7) is 5.13. The van der Waals surface area contributed by atoms with Crippen molar-refractivity contribution in [2.75, 3.05) is 36.8 Å². The maximum atomic E-state index is 13.4. The van der Waals surface area contributed by atoms with Crippen molar-refractivity contribution in [1.82, 2.24) is 19.8 Å². The zero-order chi connectivity index (χ0) is 27.2. The topological polar surface area (TPSA) is 91.3 Å². The van der Waals surface area contributed by atoms with Crippen LogP contribution in [0.3, 0.4) is 0 Å². The number of halogens is 1. The monoisotopic (exact) mass is 528 g/mol. The second-order valence-corrected chi connectivity index (χ2v) is 9.88. The molecule has 3 aromatic carbocycles. The van der Waals surface area contributed by atoms with Crippen LogP contribution in [0.25, 0.3) is 11.0 Å². The number of carbonyl (C=O) groups excluding carboxylic acids is 2. The lowest BCUT2D eigenvalue weighted by molar-refractivity contribution is -0.114. The number of aromatic nitrogens is 2. The second kappa shape index (κ2) is 12.1. The number of fused-ring (bicyclic) bond motifs is 1. The third-order valence-corrected chi connectivity index (χ3v) is 7.03. The summed E-state index contributed by atoms with van der Waals surface area (Å²) >= 11 is 0. The molecule has 2 heterocycles. The molecule has 0 radical (unpaired) electrons. The molecule has 9 heteroatoms. The number of piperidine rings is 1. The molecule has 5 rings (SSSR count). The van der Waals surface area contributed by atoms with Crippen molar-refractivity contribution in [1.29, 1.82) is 0 Å². The van der Waals surface area contributed by atoms with Gasteiger partial charge in [0.1, 0.15) is 5.82 Å². The van der Waals surface area contributed by atoms with Gasteiger partial charge in [-0.05, 0) is 54.8 Å². The summed E-state index contributed by atoms with van der Waals surface area (Å²) in [5, 5.41) is 9.34. The Bertz CT molecular complexity index is 1440. The molecule has 39 heavy (non-hydrogen) atoms. The Hall–Kier alpha value is -4.24. The Kier molecular flexibility index (Phi) is 8.17. The van der Waals surface area contributed by atoms with Crippen molar-refractivity contribution in [2.45, 2.75) is 32.4 Å². The Balaban J connectivity index is 1.15. The first kappa shape index (κ1) is 26.4. The second-order valence-electron chi connectivity index (χ2n) is 9.88. The van der Waals surface area contributed by atoms with Gasteiger partial charge in [0.05, 0.1) is 28.8 Å². The molecule has 202 valence electrons. The molecule has 2 amide bonds. The lowest BCUT2D eigenvalue weighted by Gasteiger charge is -2.32. The van der Waals surface area contributed by atoms with Crippen LogP contribution in [0.4, 0.5) is 16.0 Å². The van der Waals surface area contributed by atoms with Gasteiger partial charge < -0.3 is 25.4 Å².